The Hall–Kier alpha value is -2.36. The van der Waals surface area contributed by atoms with Crippen LogP contribution in [0, 0.1) is 12.7 Å². The molecule has 0 aliphatic rings. The molecule has 110 valence electrons. The number of ether oxygens (including phenoxy) is 2. The van der Waals surface area contributed by atoms with Gasteiger partial charge in [-0.3, -0.25) is 4.79 Å². The maximum Gasteiger partial charge on any atom is 0.171 e. The van der Waals surface area contributed by atoms with E-state index < -0.39 is 5.82 Å². The quantitative estimate of drug-likeness (QED) is 0.789. The Morgan fingerprint density at radius 2 is 1.81 bits per heavy atom. The lowest BCUT2D eigenvalue weighted by Gasteiger charge is -2.10. The van der Waals surface area contributed by atoms with E-state index in [4.69, 9.17) is 9.47 Å². The monoisotopic (exact) mass is 288 g/mol. The Labute approximate surface area is 123 Å². The van der Waals surface area contributed by atoms with Gasteiger partial charge in [0, 0.05) is 6.42 Å². The lowest BCUT2D eigenvalue weighted by molar-refractivity contribution is 0.0989. The minimum absolute atomic E-state index is 0.0392. The number of rotatable bonds is 5. The van der Waals surface area contributed by atoms with Crippen LogP contribution in [0.3, 0.4) is 0 Å². The van der Waals surface area contributed by atoms with Gasteiger partial charge in [0.15, 0.2) is 17.3 Å². The molecule has 4 heteroatoms. The molecule has 0 bridgehead atoms. The molecule has 0 aliphatic heterocycles. The average molecular weight is 288 g/mol. The van der Waals surface area contributed by atoms with Crippen LogP contribution in [0.5, 0.6) is 11.5 Å². The molecule has 2 rings (SSSR count). The van der Waals surface area contributed by atoms with Crippen molar-refractivity contribution in [3.63, 3.8) is 0 Å². The molecule has 0 N–H and O–H groups in total. The smallest absolute Gasteiger partial charge is 0.171 e. The summed E-state index contributed by atoms with van der Waals surface area (Å²) in [6.07, 6.45) is -0.0392. The zero-order valence-electron chi connectivity index (χ0n) is 12.3. The Kier molecular flexibility index (Phi) is 4.58. The first-order chi connectivity index (χ1) is 10.1. The number of hydrogen-bond donors (Lipinski definition) is 0. The van der Waals surface area contributed by atoms with Gasteiger partial charge in [-0.05, 0) is 36.2 Å². The van der Waals surface area contributed by atoms with Crippen molar-refractivity contribution >= 4 is 5.78 Å². The maximum absolute atomic E-state index is 14.1. The first-order valence-corrected chi connectivity index (χ1v) is 6.56. The van der Waals surface area contributed by atoms with Crippen LogP contribution in [0.2, 0.25) is 0 Å². The summed E-state index contributed by atoms with van der Waals surface area (Å²) in [5.74, 6) is -0.0575. The van der Waals surface area contributed by atoms with Gasteiger partial charge in [0.2, 0.25) is 0 Å². The minimum atomic E-state index is -0.501. The molecule has 2 aromatic rings. The van der Waals surface area contributed by atoms with E-state index in [-0.39, 0.29) is 18.0 Å². The van der Waals surface area contributed by atoms with Crippen LogP contribution in [0.4, 0.5) is 4.39 Å². The van der Waals surface area contributed by atoms with Gasteiger partial charge in [-0.15, -0.1) is 0 Å². The molecule has 2 aromatic carbocycles. The molecule has 0 unspecified atom stereocenters. The zero-order chi connectivity index (χ0) is 15.4. The summed E-state index contributed by atoms with van der Waals surface area (Å²) in [6, 6.07) is 10.1. The van der Waals surface area contributed by atoms with Crippen molar-refractivity contribution in [1.82, 2.24) is 0 Å². The molecule has 0 radical (unpaired) electrons. The molecular formula is C17H17FO3. The second-order valence-corrected chi connectivity index (χ2v) is 4.74. The standard InChI is InChI=1S/C17H17FO3/c1-11-7-8-13(16(9-11)21-3)14(19)10-12-5-4-6-15(20-2)17(12)18/h4-9H,10H2,1-3H3. The van der Waals surface area contributed by atoms with Crippen molar-refractivity contribution in [2.75, 3.05) is 14.2 Å². The third-order valence-corrected chi connectivity index (χ3v) is 3.27. The number of hydrogen-bond acceptors (Lipinski definition) is 3. The molecule has 0 atom stereocenters. The second kappa shape index (κ2) is 6.39. The van der Waals surface area contributed by atoms with E-state index in [9.17, 15) is 9.18 Å². The third kappa shape index (κ3) is 3.21. The van der Waals surface area contributed by atoms with Crippen molar-refractivity contribution < 1.29 is 18.7 Å². The number of aryl methyl sites for hydroxylation is 1. The van der Waals surface area contributed by atoms with E-state index >= 15 is 0 Å². The van der Waals surface area contributed by atoms with Gasteiger partial charge in [0.1, 0.15) is 5.75 Å². The molecule has 0 fully saturated rings. The van der Waals surface area contributed by atoms with Crippen molar-refractivity contribution in [1.29, 1.82) is 0 Å². The van der Waals surface area contributed by atoms with Crippen molar-refractivity contribution in [3.8, 4) is 11.5 Å². The normalized spacial score (nSPS) is 10.3. The molecule has 0 aromatic heterocycles. The summed E-state index contributed by atoms with van der Waals surface area (Å²) >= 11 is 0. The number of Topliss-reactive ketones (excluding diaryl/α,β-unsaturated/α-hetero) is 1. The molecule has 3 nitrogen and oxygen atoms in total. The predicted octanol–water partition coefficient (Wildman–Crippen LogP) is 3.58. The number of ketones is 1. The summed E-state index contributed by atoms with van der Waals surface area (Å²) in [4.78, 5) is 12.4. The summed E-state index contributed by atoms with van der Waals surface area (Å²) in [5.41, 5.74) is 1.75. The minimum Gasteiger partial charge on any atom is -0.496 e. The van der Waals surface area contributed by atoms with Crippen LogP contribution >= 0.6 is 0 Å². The number of carbonyl (C=O) groups is 1. The van der Waals surface area contributed by atoms with E-state index in [2.05, 4.69) is 0 Å². The van der Waals surface area contributed by atoms with E-state index in [1.807, 2.05) is 13.0 Å². The van der Waals surface area contributed by atoms with Crippen LogP contribution in [-0.4, -0.2) is 20.0 Å². The van der Waals surface area contributed by atoms with Gasteiger partial charge in [0.05, 0.1) is 19.8 Å². The molecule has 0 amide bonds. The van der Waals surface area contributed by atoms with E-state index in [1.54, 1.807) is 24.3 Å². The van der Waals surface area contributed by atoms with Crippen LogP contribution in [0.25, 0.3) is 0 Å². The van der Waals surface area contributed by atoms with Gasteiger partial charge in [-0.2, -0.15) is 0 Å². The highest BCUT2D eigenvalue weighted by Gasteiger charge is 2.16. The highest BCUT2D eigenvalue weighted by molar-refractivity contribution is 6.00. The maximum atomic E-state index is 14.1. The predicted molar refractivity (Wildman–Crippen MR) is 78.7 cm³/mol. The van der Waals surface area contributed by atoms with Gasteiger partial charge < -0.3 is 9.47 Å². The van der Waals surface area contributed by atoms with E-state index in [1.165, 1.54) is 20.3 Å². The fourth-order valence-electron chi connectivity index (χ4n) is 2.15. The fourth-order valence-corrected chi connectivity index (χ4v) is 2.15. The lowest BCUT2D eigenvalue weighted by atomic mass is 10.0. The van der Waals surface area contributed by atoms with Crippen LogP contribution in [-0.2, 0) is 6.42 Å². The average Bonchev–Trinajstić information content (AvgIpc) is 2.49. The van der Waals surface area contributed by atoms with Crippen molar-refractivity contribution in [2.45, 2.75) is 13.3 Å². The highest BCUT2D eigenvalue weighted by Crippen LogP contribution is 2.25. The Bertz CT molecular complexity index is 665. The molecule has 21 heavy (non-hydrogen) atoms. The van der Waals surface area contributed by atoms with Crippen LogP contribution < -0.4 is 9.47 Å². The van der Waals surface area contributed by atoms with Gasteiger partial charge in [-0.25, -0.2) is 4.39 Å². The van der Waals surface area contributed by atoms with Gasteiger partial charge in [0.25, 0.3) is 0 Å². The SMILES string of the molecule is COc1cc(C)ccc1C(=O)Cc1cccc(OC)c1F. The van der Waals surface area contributed by atoms with Gasteiger partial charge >= 0.3 is 0 Å². The Balaban J connectivity index is 2.30. The van der Waals surface area contributed by atoms with Crippen molar-refractivity contribution in [3.05, 3.63) is 58.9 Å². The number of methoxy groups -OCH3 is 2. The number of halogens is 1. The highest BCUT2D eigenvalue weighted by atomic mass is 19.1. The second-order valence-electron chi connectivity index (χ2n) is 4.74. The largest absolute Gasteiger partial charge is 0.496 e. The Morgan fingerprint density at radius 3 is 2.48 bits per heavy atom. The van der Waals surface area contributed by atoms with Crippen molar-refractivity contribution in [2.24, 2.45) is 0 Å². The molecule has 0 spiro atoms. The number of carbonyl (C=O) groups excluding carboxylic acids is 1. The van der Waals surface area contributed by atoms with E-state index in [0.29, 0.717) is 16.9 Å². The lowest BCUT2D eigenvalue weighted by Crippen LogP contribution is -2.08. The summed E-state index contributed by atoms with van der Waals surface area (Å²) in [5, 5.41) is 0. The summed E-state index contributed by atoms with van der Waals surface area (Å²) < 4.78 is 24.2. The van der Waals surface area contributed by atoms with Crippen LogP contribution in [0.1, 0.15) is 21.5 Å². The zero-order valence-corrected chi connectivity index (χ0v) is 12.3. The first kappa shape index (κ1) is 15.0. The molecule has 0 saturated carbocycles. The molecule has 0 aliphatic carbocycles. The molecule has 0 saturated heterocycles. The van der Waals surface area contributed by atoms with Gasteiger partial charge in [-0.1, -0.05) is 18.2 Å². The topological polar surface area (TPSA) is 35.5 Å². The van der Waals surface area contributed by atoms with E-state index in [0.717, 1.165) is 5.56 Å². The summed E-state index contributed by atoms with van der Waals surface area (Å²) in [6.45, 7) is 1.92. The summed E-state index contributed by atoms with van der Waals surface area (Å²) in [7, 11) is 2.91. The molecule has 0 heterocycles. The fraction of sp³-hybridized carbons (Fsp3) is 0.235. The van der Waals surface area contributed by atoms with Crippen LogP contribution in [0.15, 0.2) is 36.4 Å². The number of benzene rings is 2. The third-order valence-electron chi connectivity index (χ3n) is 3.27. The molecular weight excluding hydrogens is 271 g/mol. The Morgan fingerprint density at radius 1 is 1.10 bits per heavy atom. The first-order valence-electron chi connectivity index (χ1n) is 6.56.